The minimum atomic E-state index is -1.10. The van der Waals surface area contributed by atoms with Crippen LogP contribution in [0.5, 0.6) is 0 Å². The van der Waals surface area contributed by atoms with E-state index < -0.39 is 12.6 Å². The van der Waals surface area contributed by atoms with E-state index >= 15 is 0 Å². The number of carboxylic acids is 1. The van der Waals surface area contributed by atoms with Gasteiger partial charge in [-0.1, -0.05) is 13.8 Å². The monoisotopic (exact) mass is 272 g/mol. The summed E-state index contributed by atoms with van der Waals surface area (Å²) in [6.45, 7) is 4.95. The summed E-state index contributed by atoms with van der Waals surface area (Å²) in [5.41, 5.74) is 0. The molecule has 1 saturated heterocycles. The van der Waals surface area contributed by atoms with E-state index in [1.807, 2.05) is 13.8 Å². The largest absolute Gasteiger partial charge is 0.480 e. The van der Waals surface area contributed by atoms with Gasteiger partial charge in [-0.05, 0) is 0 Å². The van der Waals surface area contributed by atoms with Gasteiger partial charge in [-0.25, -0.2) is 4.79 Å². The van der Waals surface area contributed by atoms with Crippen LogP contribution in [0.4, 0.5) is 0 Å². The Labute approximate surface area is 112 Å². The fraction of sp³-hybridized carbons (Fsp3) is 0.750. The summed E-state index contributed by atoms with van der Waals surface area (Å²) < 4.78 is 4.75. The van der Waals surface area contributed by atoms with Crippen LogP contribution >= 0.6 is 0 Å². The molecule has 108 valence electrons. The molecule has 0 aromatic rings. The first-order valence-electron chi connectivity index (χ1n) is 6.28. The normalized spacial score (nSPS) is 15.7. The minimum absolute atomic E-state index is 0.0406. The highest BCUT2D eigenvalue weighted by atomic mass is 16.5. The van der Waals surface area contributed by atoms with E-state index in [0.29, 0.717) is 26.2 Å². The van der Waals surface area contributed by atoms with Crippen LogP contribution in [-0.2, 0) is 19.1 Å². The van der Waals surface area contributed by atoms with E-state index in [4.69, 9.17) is 9.84 Å². The van der Waals surface area contributed by atoms with Crippen molar-refractivity contribution in [3.63, 3.8) is 0 Å². The van der Waals surface area contributed by atoms with Crippen molar-refractivity contribution in [2.24, 2.45) is 5.92 Å². The molecular weight excluding hydrogens is 252 g/mol. The molecule has 0 bridgehead atoms. The Kier molecular flexibility index (Phi) is 5.75. The zero-order valence-electron chi connectivity index (χ0n) is 11.3. The van der Waals surface area contributed by atoms with Gasteiger partial charge in [0, 0.05) is 32.1 Å². The predicted molar refractivity (Wildman–Crippen MR) is 66.5 cm³/mol. The molecule has 1 aliphatic heterocycles. The lowest BCUT2D eigenvalue weighted by Crippen LogP contribution is -2.52. The van der Waals surface area contributed by atoms with E-state index in [0.717, 1.165) is 0 Å². The molecular formula is C12H20N2O5. The van der Waals surface area contributed by atoms with Crippen LogP contribution < -0.4 is 0 Å². The zero-order valence-corrected chi connectivity index (χ0v) is 11.3. The molecule has 7 heteroatoms. The molecule has 19 heavy (non-hydrogen) atoms. The van der Waals surface area contributed by atoms with Crippen molar-refractivity contribution in [2.45, 2.75) is 13.8 Å². The summed E-state index contributed by atoms with van der Waals surface area (Å²) in [4.78, 5) is 37.0. The highest BCUT2D eigenvalue weighted by Gasteiger charge is 2.25. The molecule has 1 heterocycles. The molecule has 0 saturated carbocycles. The number of carboxylic acid groups (broad SMARTS) is 1. The van der Waals surface area contributed by atoms with Crippen LogP contribution in [0.2, 0.25) is 0 Å². The first-order chi connectivity index (χ1) is 8.91. The molecule has 0 aromatic heterocycles. The van der Waals surface area contributed by atoms with Crippen molar-refractivity contribution in [3.05, 3.63) is 0 Å². The van der Waals surface area contributed by atoms with Crippen molar-refractivity contribution in [1.82, 2.24) is 9.80 Å². The van der Waals surface area contributed by atoms with Crippen LogP contribution in [0.3, 0.4) is 0 Å². The first kappa shape index (κ1) is 15.4. The van der Waals surface area contributed by atoms with Gasteiger partial charge in [0.15, 0.2) is 0 Å². The number of hydrogen-bond donors (Lipinski definition) is 1. The van der Waals surface area contributed by atoms with Crippen LogP contribution in [0, 0.1) is 5.92 Å². The molecule has 0 aromatic carbocycles. The number of aliphatic carboxylic acids is 1. The molecule has 0 unspecified atom stereocenters. The van der Waals surface area contributed by atoms with Crippen molar-refractivity contribution in [3.8, 4) is 0 Å². The number of rotatable bonds is 5. The van der Waals surface area contributed by atoms with Gasteiger partial charge in [0.25, 0.3) is 0 Å². The number of ether oxygens (including phenoxy) is 1. The standard InChI is InChI=1S/C12H20N2O5/c1-9(2)12(18)14-5-3-13(4-6-14)10(15)7-19-8-11(16)17/h9H,3-8H2,1-2H3,(H,16,17). The maximum absolute atomic E-state index is 11.8. The second-order valence-electron chi connectivity index (χ2n) is 4.75. The van der Waals surface area contributed by atoms with E-state index in [1.54, 1.807) is 9.80 Å². The average Bonchev–Trinajstić information content (AvgIpc) is 2.37. The summed E-state index contributed by atoms with van der Waals surface area (Å²) in [6.07, 6.45) is 0. The van der Waals surface area contributed by atoms with Crippen LogP contribution in [0.1, 0.15) is 13.8 Å². The molecule has 2 amide bonds. The highest BCUT2D eigenvalue weighted by molar-refractivity contribution is 5.80. The lowest BCUT2D eigenvalue weighted by molar-refractivity contribution is -0.148. The SMILES string of the molecule is CC(C)C(=O)N1CCN(C(=O)COCC(=O)O)CC1. The van der Waals surface area contributed by atoms with Gasteiger partial charge in [-0.15, -0.1) is 0 Å². The number of carbonyl (C=O) groups is 3. The van der Waals surface area contributed by atoms with Gasteiger partial charge in [0.1, 0.15) is 13.2 Å². The van der Waals surface area contributed by atoms with Gasteiger partial charge in [0.05, 0.1) is 0 Å². The van der Waals surface area contributed by atoms with Crippen molar-refractivity contribution >= 4 is 17.8 Å². The molecule has 0 radical (unpaired) electrons. The average molecular weight is 272 g/mol. The Morgan fingerprint density at radius 3 is 2.05 bits per heavy atom. The molecule has 1 fully saturated rings. The van der Waals surface area contributed by atoms with Gasteiger partial charge < -0.3 is 19.6 Å². The number of carbonyl (C=O) groups excluding carboxylic acids is 2. The summed E-state index contributed by atoms with van der Waals surface area (Å²) in [5.74, 6) is -1.28. The van der Waals surface area contributed by atoms with Gasteiger partial charge in [-0.2, -0.15) is 0 Å². The Morgan fingerprint density at radius 1 is 1.05 bits per heavy atom. The second kappa shape index (κ2) is 7.08. The number of hydrogen-bond acceptors (Lipinski definition) is 4. The van der Waals surface area contributed by atoms with E-state index in [9.17, 15) is 14.4 Å². The maximum Gasteiger partial charge on any atom is 0.329 e. The molecule has 0 aliphatic carbocycles. The third-order valence-corrected chi connectivity index (χ3v) is 2.89. The Hall–Kier alpha value is -1.63. The summed E-state index contributed by atoms with van der Waals surface area (Å²) in [7, 11) is 0. The molecule has 7 nitrogen and oxygen atoms in total. The van der Waals surface area contributed by atoms with E-state index in [1.165, 1.54) is 0 Å². The molecule has 1 N–H and O–H groups in total. The third kappa shape index (κ3) is 4.86. The smallest absolute Gasteiger partial charge is 0.329 e. The fourth-order valence-corrected chi connectivity index (χ4v) is 1.86. The molecule has 0 spiro atoms. The molecule has 0 atom stereocenters. The van der Waals surface area contributed by atoms with Gasteiger partial charge in [-0.3, -0.25) is 9.59 Å². The van der Waals surface area contributed by atoms with Crippen LogP contribution in [0.15, 0.2) is 0 Å². The second-order valence-corrected chi connectivity index (χ2v) is 4.75. The van der Waals surface area contributed by atoms with Crippen molar-refractivity contribution < 1.29 is 24.2 Å². The number of nitrogens with zero attached hydrogens (tertiary/aromatic N) is 2. The maximum atomic E-state index is 11.8. The minimum Gasteiger partial charge on any atom is -0.480 e. The van der Waals surface area contributed by atoms with E-state index in [2.05, 4.69) is 0 Å². The van der Waals surface area contributed by atoms with E-state index in [-0.39, 0.29) is 24.3 Å². The highest BCUT2D eigenvalue weighted by Crippen LogP contribution is 2.07. The number of piperazine rings is 1. The molecule has 1 aliphatic rings. The first-order valence-corrected chi connectivity index (χ1v) is 6.28. The van der Waals surface area contributed by atoms with Gasteiger partial charge >= 0.3 is 5.97 Å². The Bertz CT molecular complexity index is 348. The van der Waals surface area contributed by atoms with Gasteiger partial charge in [0.2, 0.25) is 11.8 Å². The van der Waals surface area contributed by atoms with Crippen molar-refractivity contribution in [2.75, 3.05) is 39.4 Å². The lowest BCUT2D eigenvalue weighted by Gasteiger charge is -2.35. The number of amides is 2. The van der Waals surface area contributed by atoms with Crippen LogP contribution in [0.25, 0.3) is 0 Å². The zero-order chi connectivity index (χ0) is 14.4. The van der Waals surface area contributed by atoms with Crippen LogP contribution in [-0.4, -0.2) is 72.1 Å². The fourth-order valence-electron chi connectivity index (χ4n) is 1.86. The predicted octanol–water partition coefficient (Wildman–Crippen LogP) is -0.586. The quantitative estimate of drug-likeness (QED) is 0.723. The summed E-state index contributed by atoms with van der Waals surface area (Å²) >= 11 is 0. The molecule has 1 rings (SSSR count). The Balaban J connectivity index is 2.31. The third-order valence-electron chi connectivity index (χ3n) is 2.89. The summed E-state index contributed by atoms with van der Waals surface area (Å²) in [5, 5.41) is 8.39. The Morgan fingerprint density at radius 2 is 1.58 bits per heavy atom. The van der Waals surface area contributed by atoms with Crippen molar-refractivity contribution in [1.29, 1.82) is 0 Å². The lowest BCUT2D eigenvalue weighted by atomic mass is 10.1. The topological polar surface area (TPSA) is 87.2 Å². The summed E-state index contributed by atoms with van der Waals surface area (Å²) in [6, 6.07) is 0.